The summed E-state index contributed by atoms with van der Waals surface area (Å²) >= 11 is 0. The van der Waals surface area contributed by atoms with Crippen LogP contribution in [0.1, 0.15) is 19.8 Å². The molecule has 1 fully saturated rings. The van der Waals surface area contributed by atoms with Gasteiger partial charge in [0.1, 0.15) is 0 Å². The van der Waals surface area contributed by atoms with Crippen LogP contribution in [0.2, 0.25) is 0 Å². The Morgan fingerprint density at radius 2 is 2.31 bits per heavy atom. The van der Waals surface area contributed by atoms with Crippen LogP contribution in [0.3, 0.4) is 0 Å². The summed E-state index contributed by atoms with van der Waals surface area (Å²) in [4.78, 5) is 2.39. The van der Waals surface area contributed by atoms with Gasteiger partial charge in [-0.1, -0.05) is 0 Å². The van der Waals surface area contributed by atoms with Crippen molar-refractivity contribution in [2.24, 2.45) is 5.92 Å². The molecule has 1 unspecified atom stereocenters. The molecule has 0 aromatic heterocycles. The van der Waals surface area contributed by atoms with E-state index in [1.807, 2.05) is 6.92 Å². The number of hydrogen-bond donors (Lipinski definition) is 1. The average Bonchev–Trinajstić information content (AvgIpc) is 2.94. The monoisotopic (exact) mass is 181 g/mol. The first-order chi connectivity index (χ1) is 6.24. The van der Waals surface area contributed by atoms with Crippen molar-refractivity contribution in [2.45, 2.75) is 25.8 Å². The van der Waals surface area contributed by atoms with E-state index in [1.165, 1.54) is 12.8 Å². The number of likely N-dealkylation sites (N-methyl/N-ethyl adjacent to an activating group) is 1. The fourth-order valence-corrected chi connectivity index (χ4v) is 1.32. The summed E-state index contributed by atoms with van der Waals surface area (Å²) in [5.74, 6) is 0.131. The van der Waals surface area contributed by atoms with Crippen LogP contribution in [-0.2, 0) is 0 Å². The Morgan fingerprint density at radius 1 is 1.62 bits per heavy atom. The largest absolute Gasteiger partial charge is 0.314 e. The number of nitriles is 1. The number of rotatable bonds is 6. The van der Waals surface area contributed by atoms with E-state index in [0.717, 1.165) is 25.7 Å². The molecular formula is C10H19N3. The molecule has 1 N–H and O–H groups in total. The Labute approximate surface area is 80.7 Å². The Morgan fingerprint density at radius 3 is 2.85 bits per heavy atom. The number of hydrogen-bond acceptors (Lipinski definition) is 3. The second kappa shape index (κ2) is 5.21. The van der Waals surface area contributed by atoms with Gasteiger partial charge in [-0.15, -0.1) is 0 Å². The van der Waals surface area contributed by atoms with Gasteiger partial charge >= 0.3 is 0 Å². The van der Waals surface area contributed by atoms with Crippen LogP contribution >= 0.6 is 0 Å². The predicted molar refractivity (Wildman–Crippen MR) is 53.3 cm³/mol. The topological polar surface area (TPSA) is 39.1 Å². The summed E-state index contributed by atoms with van der Waals surface area (Å²) in [6.07, 6.45) is 2.73. The molecular weight excluding hydrogens is 162 g/mol. The minimum atomic E-state index is 0.131. The standard InChI is InChI=1S/C10H19N3/c1-9(7-11)8-12-5-6-13(2)10-3-4-10/h9-10,12H,3-6,8H2,1-2H3. The quantitative estimate of drug-likeness (QED) is 0.617. The van der Waals surface area contributed by atoms with Gasteiger partial charge in [0.25, 0.3) is 0 Å². The molecule has 74 valence electrons. The predicted octanol–water partition coefficient (Wildman–Crippen LogP) is 0.830. The van der Waals surface area contributed by atoms with E-state index < -0.39 is 0 Å². The number of nitrogens with one attached hydrogen (secondary N) is 1. The first-order valence-corrected chi connectivity index (χ1v) is 5.04. The van der Waals surface area contributed by atoms with E-state index in [2.05, 4.69) is 23.3 Å². The molecule has 0 aromatic carbocycles. The van der Waals surface area contributed by atoms with Crippen molar-refractivity contribution in [3.63, 3.8) is 0 Å². The van der Waals surface area contributed by atoms with E-state index in [0.29, 0.717) is 0 Å². The third-order valence-corrected chi connectivity index (χ3v) is 2.48. The molecule has 1 atom stereocenters. The van der Waals surface area contributed by atoms with Gasteiger partial charge in [0, 0.05) is 25.7 Å². The van der Waals surface area contributed by atoms with Crippen molar-refractivity contribution < 1.29 is 0 Å². The highest BCUT2D eigenvalue weighted by molar-refractivity contribution is 4.83. The zero-order chi connectivity index (χ0) is 9.68. The van der Waals surface area contributed by atoms with E-state index in [-0.39, 0.29) is 5.92 Å². The summed E-state index contributed by atoms with van der Waals surface area (Å²) in [6.45, 7) is 4.86. The Bertz CT molecular complexity index is 181. The summed E-state index contributed by atoms with van der Waals surface area (Å²) in [5.41, 5.74) is 0. The molecule has 1 aliphatic carbocycles. The first-order valence-electron chi connectivity index (χ1n) is 5.04. The molecule has 1 saturated carbocycles. The highest BCUT2D eigenvalue weighted by atomic mass is 15.2. The minimum absolute atomic E-state index is 0.131. The minimum Gasteiger partial charge on any atom is -0.314 e. The molecule has 3 nitrogen and oxygen atoms in total. The fraction of sp³-hybridized carbons (Fsp3) is 0.900. The summed E-state index contributed by atoms with van der Waals surface area (Å²) in [6, 6.07) is 3.05. The summed E-state index contributed by atoms with van der Waals surface area (Å²) in [7, 11) is 2.17. The average molecular weight is 181 g/mol. The maximum Gasteiger partial charge on any atom is 0.0666 e. The van der Waals surface area contributed by atoms with Crippen LogP contribution in [0.5, 0.6) is 0 Å². The van der Waals surface area contributed by atoms with Gasteiger partial charge in [0.15, 0.2) is 0 Å². The third-order valence-electron chi connectivity index (χ3n) is 2.48. The summed E-state index contributed by atoms with van der Waals surface area (Å²) < 4.78 is 0. The van der Waals surface area contributed by atoms with Crippen molar-refractivity contribution in [1.29, 1.82) is 5.26 Å². The van der Waals surface area contributed by atoms with E-state index in [9.17, 15) is 0 Å². The molecule has 0 radical (unpaired) electrons. The Kier molecular flexibility index (Phi) is 4.20. The Balaban J connectivity index is 1.91. The highest BCUT2D eigenvalue weighted by Gasteiger charge is 2.25. The second-order valence-electron chi connectivity index (χ2n) is 3.95. The lowest BCUT2D eigenvalue weighted by Crippen LogP contribution is -2.32. The van der Waals surface area contributed by atoms with Crippen LogP contribution in [0.25, 0.3) is 0 Å². The third kappa shape index (κ3) is 4.25. The lowest BCUT2D eigenvalue weighted by atomic mass is 10.2. The highest BCUT2D eigenvalue weighted by Crippen LogP contribution is 2.24. The molecule has 0 heterocycles. The van der Waals surface area contributed by atoms with Crippen LogP contribution in [0.15, 0.2) is 0 Å². The molecule has 1 aliphatic rings. The molecule has 0 aromatic rings. The molecule has 1 rings (SSSR count). The lowest BCUT2D eigenvalue weighted by Gasteiger charge is -2.15. The van der Waals surface area contributed by atoms with Crippen LogP contribution in [0, 0.1) is 17.2 Å². The van der Waals surface area contributed by atoms with Gasteiger partial charge in [0.05, 0.1) is 12.0 Å². The number of nitrogens with zero attached hydrogens (tertiary/aromatic N) is 2. The molecule has 0 aliphatic heterocycles. The van der Waals surface area contributed by atoms with E-state index >= 15 is 0 Å². The second-order valence-corrected chi connectivity index (χ2v) is 3.95. The maximum atomic E-state index is 8.54. The Hall–Kier alpha value is -0.590. The maximum absolute atomic E-state index is 8.54. The molecule has 13 heavy (non-hydrogen) atoms. The zero-order valence-corrected chi connectivity index (χ0v) is 8.58. The van der Waals surface area contributed by atoms with Gasteiger partial charge < -0.3 is 10.2 Å². The van der Waals surface area contributed by atoms with E-state index in [4.69, 9.17) is 5.26 Å². The molecule has 3 heteroatoms. The van der Waals surface area contributed by atoms with Gasteiger partial charge in [-0.3, -0.25) is 0 Å². The van der Waals surface area contributed by atoms with Crippen LogP contribution in [0.4, 0.5) is 0 Å². The SMILES string of the molecule is CC(C#N)CNCCN(C)C1CC1. The molecule has 0 spiro atoms. The van der Waals surface area contributed by atoms with Gasteiger partial charge in [0.2, 0.25) is 0 Å². The molecule has 0 bridgehead atoms. The summed E-state index contributed by atoms with van der Waals surface area (Å²) in [5, 5.41) is 11.8. The fourth-order valence-electron chi connectivity index (χ4n) is 1.32. The van der Waals surface area contributed by atoms with Crippen LogP contribution < -0.4 is 5.32 Å². The van der Waals surface area contributed by atoms with Crippen molar-refractivity contribution in [2.75, 3.05) is 26.7 Å². The lowest BCUT2D eigenvalue weighted by molar-refractivity contribution is 0.320. The first kappa shape index (κ1) is 10.5. The zero-order valence-electron chi connectivity index (χ0n) is 8.58. The van der Waals surface area contributed by atoms with Crippen molar-refractivity contribution in [3.05, 3.63) is 0 Å². The van der Waals surface area contributed by atoms with Gasteiger partial charge in [-0.25, -0.2) is 0 Å². The van der Waals surface area contributed by atoms with E-state index in [1.54, 1.807) is 0 Å². The van der Waals surface area contributed by atoms with Crippen LogP contribution in [-0.4, -0.2) is 37.6 Å². The molecule has 0 amide bonds. The van der Waals surface area contributed by atoms with Crippen molar-refractivity contribution in [1.82, 2.24) is 10.2 Å². The molecule has 0 saturated heterocycles. The van der Waals surface area contributed by atoms with Gasteiger partial charge in [-0.2, -0.15) is 5.26 Å². The smallest absolute Gasteiger partial charge is 0.0666 e. The van der Waals surface area contributed by atoms with Crippen molar-refractivity contribution >= 4 is 0 Å². The normalized spacial score (nSPS) is 18.6. The van der Waals surface area contributed by atoms with Crippen molar-refractivity contribution in [3.8, 4) is 6.07 Å². The van der Waals surface area contributed by atoms with Gasteiger partial charge in [-0.05, 0) is 26.8 Å².